The van der Waals surface area contributed by atoms with Crippen LogP contribution in [0.4, 0.5) is 0 Å². The number of para-hydroxylation sites is 1. The molecule has 2 N–H and O–H groups in total. The summed E-state index contributed by atoms with van der Waals surface area (Å²) in [5, 5.41) is 6.71. The molecule has 1 amide bonds. The second-order valence-corrected chi connectivity index (χ2v) is 4.82. The Morgan fingerprint density at radius 2 is 2.22 bits per heavy atom. The van der Waals surface area contributed by atoms with Crippen molar-refractivity contribution in [1.82, 2.24) is 10.3 Å². The minimum absolute atomic E-state index is 0.218. The molecule has 1 atom stereocenters. The molecule has 0 aliphatic heterocycles. The summed E-state index contributed by atoms with van der Waals surface area (Å²) in [7, 11) is 0. The maximum absolute atomic E-state index is 12.1. The summed E-state index contributed by atoms with van der Waals surface area (Å²) >= 11 is 0. The van der Waals surface area contributed by atoms with E-state index in [-0.39, 0.29) is 19.6 Å². The highest BCUT2D eigenvalue weighted by Crippen LogP contribution is 2.19. The number of nitrogens with one attached hydrogen (secondary N) is 2. The van der Waals surface area contributed by atoms with E-state index in [9.17, 15) is 9.59 Å². The molecule has 0 fully saturated rings. The topological polar surface area (TPSA) is 120 Å². The van der Waals surface area contributed by atoms with E-state index in [0.717, 1.165) is 16.5 Å². The third-order valence-corrected chi connectivity index (χ3v) is 3.28. The van der Waals surface area contributed by atoms with Gasteiger partial charge in [-0.25, -0.2) is 4.79 Å². The molecule has 0 aliphatic rings. The number of nitrogens with zero attached hydrogens (tertiary/aromatic N) is 3. The molecule has 0 radical (unpaired) electrons. The van der Waals surface area contributed by atoms with E-state index in [4.69, 9.17) is 10.3 Å². The average Bonchev–Trinajstić information content (AvgIpc) is 2.96. The third-order valence-electron chi connectivity index (χ3n) is 3.28. The lowest BCUT2D eigenvalue weighted by Gasteiger charge is -2.16. The molecule has 1 aromatic carbocycles. The quantitative estimate of drug-likeness (QED) is 0.352. The molecule has 120 valence electrons. The first-order chi connectivity index (χ1) is 11.2. The molecular formula is C15H17N5O3. The molecule has 0 saturated heterocycles. The zero-order valence-electron chi connectivity index (χ0n) is 12.7. The molecule has 8 nitrogen and oxygen atoms in total. The number of aromatic amines is 1. The van der Waals surface area contributed by atoms with Crippen molar-refractivity contribution in [3.63, 3.8) is 0 Å². The highest BCUT2D eigenvalue weighted by molar-refractivity contribution is 5.87. The summed E-state index contributed by atoms with van der Waals surface area (Å²) < 4.78 is 5.00. The predicted molar refractivity (Wildman–Crippen MR) is 84.6 cm³/mol. The third kappa shape index (κ3) is 4.24. The van der Waals surface area contributed by atoms with Gasteiger partial charge in [-0.15, -0.1) is 0 Å². The number of hydrogen-bond acceptors (Lipinski definition) is 4. The fourth-order valence-electron chi connectivity index (χ4n) is 2.29. The van der Waals surface area contributed by atoms with Gasteiger partial charge in [-0.05, 0) is 24.1 Å². The second-order valence-electron chi connectivity index (χ2n) is 4.82. The van der Waals surface area contributed by atoms with Gasteiger partial charge in [0.05, 0.1) is 6.61 Å². The van der Waals surface area contributed by atoms with Gasteiger partial charge in [0, 0.05) is 28.4 Å². The van der Waals surface area contributed by atoms with Crippen LogP contribution in [0, 0.1) is 0 Å². The molecule has 23 heavy (non-hydrogen) atoms. The molecule has 0 bridgehead atoms. The zero-order valence-corrected chi connectivity index (χ0v) is 12.7. The number of carbonyl (C=O) groups excluding carboxylic acids is 2. The van der Waals surface area contributed by atoms with Gasteiger partial charge in [0.25, 0.3) is 0 Å². The van der Waals surface area contributed by atoms with Crippen LogP contribution in [0.3, 0.4) is 0 Å². The molecule has 8 heteroatoms. The fraction of sp³-hybridized carbons (Fsp3) is 0.333. The van der Waals surface area contributed by atoms with E-state index in [1.165, 1.54) is 0 Å². The van der Waals surface area contributed by atoms with Crippen LogP contribution < -0.4 is 5.32 Å². The van der Waals surface area contributed by atoms with E-state index in [1.54, 1.807) is 13.1 Å². The number of hydrogen-bond donors (Lipinski definition) is 2. The molecule has 2 aromatic rings. The van der Waals surface area contributed by atoms with Crippen molar-refractivity contribution in [2.24, 2.45) is 5.11 Å². The van der Waals surface area contributed by atoms with Gasteiger partial charge in [-0.3, -0.25) is 4.79 Å². The second kappa shape index (κ2) is 7.86. The van der Waals surface area contributed by atoms with E-state index in [1.807, 2.05) is 24.3 Å². The van der Waals surface area contributed by atoms with Crippen molar-refractivity contribution < 1.29 is 14.3 Å². The Labute approximate surface area is 132 Å². The highest BCUT2D eigenvalue weighted by Gasteiger charge is 2.23. The van der Waals surface area contributed by atoms with Gasteiger partial charge < -0.3 is 15.0 Å². The number of azide groups is 1. The molecule has 0 unspecified atom stereocenters. The molecular weight excluding hydrogens is 298 g/mol. The van der Waals surface area contributed by atoms with E-state index in [2.05, 4.69) is 20.3 Å². The van der Waals surface area contributed by atoms with Crippen molar-refractivity contribution in [2.75, 3.05) is 13.2 Å². The minimum atomic E-state index is -0.837. The van der Waals surface area contributed by atoms with Gasteiger partial charge in [0.2, 0.25) is 5.91 Å². The van der Waals surface area contributed by atoms with Crippen LogP contribution in [0.15, 0.2) is 35.6 Å². The largest absolute Gasteiger partial charge is 0.464 e. The molecule has 1 aromatic heterocycles. The van der Waals surface area contributed by atoms with Crippen molar-refractivity contribution in [1.29, 1.82) is 0 Å². The highest BCUT2D eigenvalue weighted by atomic mass is 16.5. The number of ether oxygens (including phenoxy) is 1. The standard InChI is InChI=1S/C15H17N5O3/c1-2-23-15(22)13(19-14(21)9-18-20-16)7-10-8-17-12-6-4-3-5-11(10)12/h3-6,8,13,17H,2,7,9H2,1H3,(H,19,21)/t13-/m0/s1. The van der Waals surface area contributed by atoms with Crippen LogP contribution in [0.5, 0.6) is 0 Å². The number of fused-ring (bicyclic) bond motifs is 1. The Hall–Kier alpha value is -2.99. The van der Waals surface area contributed by atoms with E-state index < -0.39 is 17.9 Å². The summed E-state index contributed by atoms with van der Waals surface area (Å²) in [5.74, 6) is -1.05. The van der Waals surface area contributed by atoms with E-state index in [0.29, 0.717) is 0 Å². The SMILES string of the molecule is CCOC(=O)[C@H](Cc1c[nH]c2ccccc12)NC(=O)CN=[N+]=[N-]. The number of esters is 1. The zero-order chi connectivity index (χ0) is 16.7. The Bertz CT molecular complexity index is 748. The normalized spacial score (nSPS) is 11.5. The number of amides is 1. The first kappa shape index (κ1) is 16.4. The van der Waals surface area contributed by atoms with Gasteiger partial charge in [-0.2, -0.15) is 0 Å². The smallest absolute Gasteiger partial charge is 0.328 e. The van der Waals surface area contributed by atoms with Crippen LogP contribution >= 0.6 is 0 Å². The molecule has 1 heterocycles. The number of carbonyl (C=O) groups is 2. The molecule has 0 saturated carbocycles. The maximum Gasteiger partial charge on any atom is 0.328 e. The van der Waals surface area contributed by atoms with Crippen LogP contribution in [-0.4, -0.2) is 36.1 Å². The first-order valence-corrected chi connectivity index (χ1v) is 7.17. The summed E-state index contributed by atoms with van der Waals surface area (Å²) in [6.07, 6.45) is 2.08. The number of benzene rings is 1. The molecule has 0 aliphatic carbocycles. The van der Waals surface area contributed by atoms with Crippen molar-refractivity contribution in [2.45, 2.75) is 19.4 Å². The van der Waals surface area contributed by atoms with Crippen LogP contribution in [-0.2, 0) is 20.7 Å². The Balaban J connectivity index is 2.18. The lowest BCUT2D eigenvalue weighted by atomic mass is 10.0. The van der Waals surface area contributed by atoms with Crippen LogP contribution in [0.25, 0.3) is 21.3 Å². The Morgan fingerprint density at radius 1 is 1.43 bits per heavy atom. The Kier molecular flexibility index (Phi) is 5.60. The van der Waals surface area contributed by atoms with Crippen LogP contribution in [0.1, 0.15) is 12.5 Å². The summed E-state index contributed by atoms with van der Waals surface area (Å²) in [6, 6.07) is 6.84. The minimum Gasteiger partial charge on any atom is -0.464 e. The summed E-state index contributed by atoms with van der Waals surface area (Å²) in [5.41, 5.74) is 10.1. The number of rotatable bonds is 7. The van der Waals surface area contributed by atoms with Crippen LogP contribution in [0.2, 0.25) is 0 Å². The first-order valence-electron chi connectivity index (χ1n) is 7.17. The maximum atomic E-state index is 12.1. The van der Waals surface area contributed by atoms with Gasteiger partial charge >= 0.3 is 5.97 Å². The summed E-state index contributed by atoms with van der Waals surface area (Å²) in [6.45, 7) is 1.55. The predicted octanol–water partition coefficient (Wildman–Crippen LogP) is 2.07. The fourth-order valence-corrected chi connectivity index (χ4v) is 2.29. The van der Waals surface area contributed by atoms with Crippen molar-refractivity contribution in [3.8, 4) is 0 Å². The summed E-state index contributed by atoms with van der Waals surface area (Å²) in [4.78, 5) is 29.4. The average molecular weight is 315 g/mol. The molecule has 2 rings (SSSR count). The number of aromatic nitrogens is 1. The van der Waals surface area contributed by atoms with E-state index >= 15 is 0 Å². The number of H-pyrrole nitrogens is 1. The Morgan fingerprint density at radius 3 is 2.96 bits per heavy atom. The van der Waals surface area contributed by atoms with Gasteiger partial charge in [0.15, 0.2) is 0 Å². The van der Waals surface area contributed by atoms with Crippen molar-refractivity contribution in [3.05, 3.63) is 46.5 Å². The van der Waals surface area contributed by atoms with Gasteiger partial charge in [-0.1, -0.05) is 23.3 Å². The van der Waals surface area contributed by atoms with Crippen molar-refractivity contribution >= 4 is 22.8 Å². The molecule has 0 spiro atoms. The van der Waals surface area contributed by atoms with Gasteiger partial charge in [0.1, 0.15) is 12.6 Å². The monoisotopic (exact) mass is 315 g/mol. The lowest BCUT2D eigenvalue weighted by molar-refractivity contribution is -0.147. The lowest BCUT2D eigenvalue weighted by Crippen LogP contribution is -2.44.